The maximum absolute atomic E-state index is 12.1. The van der Waals surface area contributed by atoms with Gasteiger partial charge in [0, 0.05) is 31.4 Å². The van der Waals surface area contributed by atoms with Crippen LogP contribution in [0.25, 0.3) is 0 Å². The van der Waals surface area contributed by atoms with E-state index in [9.17, 15) is 13.6 Å². The molecule has 1 heterocycles. The number of alkyl halides is 2. The number of urea groups is 1. The average molecular weight is 313 g/mol. The van der Waals surface area contributed by atoms with Crippen molar-refractivity contribution < 1.29 is 18.3 Å². The van der Waals surface area contributed by atoms with E-state index in [1.807, 2.05) is 6.92 Å². The molecule has 0 saturated carbocycles. The molecule has 1 aliphatic rings. The van der Waals surface area contributed by atoms with Gasteiger partial charge < -0.3 is 20.3 Å². The molecular weight excluding hydrogens is 292 g/mol. The Morgan fingerprint density at radius 2 is 2.14 bits per heavy atom. The van der Waals surface area contributed by atoms with Gasteiger partial charge in [0.05, 0.1) is 0 Å². The lowest BCUT2D eigenvalue weighted by molar-refractivity contribution is -0.0498. The van der Waals surface area contributed by atoms with Crippen molar-refractivity contribution in [1.29, 1.82) is 0 Å². The summed E-state index contributed by atoms with van der Waals surface area (Å²) in [5.41, 5.74) is 0.934. The molecule has 0 radical (unpaired) electrons. The number of rotatable bonds is 5. The quantitative estimate of drug-likeness (QED) is 0.878. The molecule has 2 amide bonds. The monoisotopic (exact) mass is 313 g/mol. The lowest BCUT2D eigenvalue weighted by atomic mass is 10.0. The molecule has 1 saturated heterocycles. The summed E-state index contributed by atoms with van der Waals surface area (Å²) in [5.74, 6) is 0.146. The number of anilines is 1. The second-order valence-corrected chi connectivity index (χ2v) is 5.16. The normalized spacial score (nSPS) is 18.2. The molecule has 0 aliphatic carbocycles. The molecule has 7 heteroatoms. The van der Waals surface area contributed by atoms with Crippen LogP contribution in [-0.2, 0) is 0 Å². The molecule has 1 fully saturated rings. The molecule has 2 N–H and O–H groups in total. The topological polar surface area (TPSA) is 53.6 Å². The molecular formula is C15H21F2N3O2. The van der Waals surface area contributed by atoms with Crippen molar-refractivity contribution in [2.24, 2.45) is 0 Å². The minimum Gasteiger partial charge on any atom is -0.435 e. The molecule has 1 aliphatic heterocycles. The number of carbonyl (C=O) groups is 1. The number of nitrogens with one attached hydrogen (secondary N) is 2. The van der Waals surface area contributed by atoms with Gasteiger partial charge in [-0.3, -0.25) is 0 Å². The van der Waals surface area contributed by atoms with Gasteiger partial charge in [0.15, 0.2) is 0 Å². The Kier molecular flexibility index (Phi) is 5.80. The first-order chi connectivity index (χ1) is 10.6. The SMILES string of the molecule is CCNC(=O)N[C@H]1CCCN(c2ccc(OC(F)F)cc2)C1. The maximum Gasteiger partial charge on any atom is 0.387 e. The standard InChI is InChI=1S/C15H21F2N3O2/c1-2-18-15(21)19-11-4-3-9-20(10-11)12-5-7-13(8-6-12)22-14(16)17/h5-8,11,14H,2-4,9-10H2,1H3,(H2,18,19,21)/t11-/m0/s1. The lowest BCUT2D eigenvalue weighted by Gasteiger charge is -2.34. The zero-order valence-corrected chi connectivity index (χ0v) is 12.5. The molecule has 5 nitrogen and oxygen atoms in total. The van der Waals surface area contributed by atoms with E-state index in [4.69, 9.17) is 0 Å². The van der Waals surface area contributed by atoms with Crippen molar-refractivity contribution in [2.75, 3.05) is 24.5 Å². The highest BCUT2D eigenvalue weighted by molar-refractivity contribution is 5.74. The average Bonchev–Trinajstić information content (AvgIpc) is 2.48. The third kappa shape index (κ3) is 4.75. The van der Waals surface area contributed by atoms with Gasteiger partial charge in [-0.2, -0.15) is 8.78 Å². The largest absolute Gasteiger partial charge is 0.435 e. The summed E-state index contributed by atoms with van der Waals surface area (Å²) in [5, 5.41) is 5.66. The van der Waals surface area contributed by atoms with Crippen molar-refractivity contribution >= 4 is 11.7 Å². The first kappa shape index (κ1) is 16.3. The number of hydrogen-bond donors (Lipinski definition) is 2. The van der Waals surface area contributed by atoms with Crippen LogP contribution >= 0.6 is 0 Å². The maximum atomic E-state index is 12.1. The van der Waals surface area contributed by atoms with Crippen LogP contribution in [0.3, 0.4) is 0 Å². The number of carbonyl (C=O) groups excluding carboxylic acids is 1. The molecule has 2 rings (SSSR count). The van der Waals surface area contributed by atoms with Crippen LogP contribution in [0.4, 0.5) is 19.3 Å². The Hall–Kier alpha value is -2.05. The highest BCUT2D eigenvalue weighted by Gasteiger charge is 2.21. The van der Waals surface area contributed by atoms with Gasteiger partial charge in [-0.05, 0) is 44.0 Å². The van der Waals surface area contributed by atoms with Gasteiger partial charge in [-0.1, -0.05) is 0 Å². The Bertz CT molecular complexity index is 482. The zero-order valence-electron chi connectivity index (χ0n) is 12.5. The molecule has 0 bridgehead atoms. The van der Waals surface area contributed by atoms with Crippen molar-refractivity contribution in [2.45, 2.75) is 32.4 Å². The predicted octanol–water partition coefficient (Wildman–Crippen LogP) is 2.58. The Morgan fingerprint density at radius 1 is 1.41 bits per heavy atom. The molecule has 0 spiro atoms. The van der Waals surface area contributed by atoms with Crippen LogP contribution in [-0.4, -0.2) is 38.3 Å². The molecule has 0 aromatic heterocycles. The van der Waals surface area contributed by atoms with E-state index in [1.54, 1.807) is 12.1 Å². The van der Waals surface area contributed by atoms with Crippen molar-refractivity contribution in [1.82, 2.24) is 10.6 Å². The van der Waals surface area contributed by atoms with Gasteiger partial charge in [-0.25, -0.2) is 4.79 Å². The lowest BCUT2D eigenvalue weighted by Crippen LogP contribution is -2.50. The Morgan fingerprint density at radius 3 is 2.77 bits per heavy atom. The molecule has 1 aromatic carbocycles. The summed E-state index contributed by atoms with van der Waals surface area (Å²) in [7, 11) is 0. The van der Waals surface area contributed by atoms with Gasteiger partial charge in [0.1, 0.15) is 5.75 Å². The number of piperidine rings is 1. The van der Waals surface area contributed by atoms with Crippen LogP contribution in [0.5, 0.6) is 5.75 Å². The number of amides is 2. The van der Waals surface area contributed by atoms with Crippen molar-refractivity contribution in [3.05, 3.63) is 24.3 Å². The highest BCUT2D eigenvalue weighted by atomic mass is 19.3. The number of benzene rings is 1. The number of ether oxygens (including phenoxy) is 1. The summed E-state index contributed by atoms with van der Waals surface area (Å²) >= 11 is 0. The van der Waals surface area contributed by atoms with Crippen LogP contribution < -0.4 is 20.3 Å². The molecule has 122 valence electrons. The van der Waals surface area contributed by atoms with Gasteiger partial charge in [-0.15, -0.1) is 0 Å². The van der Waals surface area contributed by atoms with E-state index in [2.05, 4.69) is 20.3 Å². The smallest absolute Gasteiger partial charge is 0.387 e. The molecule has 0 unspecified atom stereocenters. The third-order valence-electron chi connectivity index (χ3n) is 3.52. The van der Waals surface area contributed by atoms with Crippen LogP contribution in [0.2, 0.25) is 0 Å². The van der Waals surface area contributed by atoms with E-state index >= 15 is 0 Å². The highest BCUT2D eigenvalue weighted by Crippen LogP contribution is 2.23. The fraction of sp³-hybridized carbons (Fsp3) is 0.533. The van der Waals surface area contributed by atoms with E-state index in [-0.39, 0.29) is 17.8 Å². The fourth-order valence-corrected chi connectivity index (χ4v) is 2.56. The van der Waals surface area contributed by atoms with E-state index < -0.39 is 6.61 Å². The molecule has 1 aromatic rings. The Balaban J connectivity index is 1.92. The van der Waals surface area contributed by atoms with Gasteiger partial charge >= 0.3 is 12.6 Å². The van der Waals surface area contributed by atoms with E-state index in [0.29, 0.717) is 13.1 Å². The van der Waals surface area contributed by atoms with Gasteiger partial charge in [0.2, 0.25) is 0 Å². The Labute approximate surface area is 128 Å². The second kappa shape index (κ2) is 7.82. The summed E-state index contributed by atoms with van der Waals surface area (Å²) in [6.45, 7) is 1.23. The first-order valence-corrected chi connectivity index (χ1v) is 7.42. The summed E-state index contributed by atoms with van der Waals surface area (Å²) in [4.78, 5) is 13.7. The van der Waals surface area contributed by atoms with E-state index in [0.717, 1.165) is 25.1 Å². The van der Waals surface area contributed by atoms with Crippen LogP contribution in [0, 0.1) is 0 Å². The second-order valence-electron chi connectivity index (χ2n) is 5.16. The van der Waals surface area contributed by atoms with E-state index in [1.165, 1.54) is 12.1 Å². The van der Waals surface area contributed by atoms with Crippen LogP contribution in [0.1, 0.15) is 19.8 Å². The number of hydrogen-bond acceptors (Lipinski definition) is 3. The molecule has 22 heavy (non-hydrogen) atoms. The van der Waals surface area contributed by atoms with Gasteiger partial charge in [0.25, 0.3) is 0 Å². The van der Waals surface area contributed by atoms with Crippen molar-refractivity contribution in [3.8, 4) is 5.75 Å². The number of halogens is 2. The molecule has 1 atom stereocenters. The minimum atomic E-state index is -2.81. The summed E-state index contributed by atoms with van der Waals surface area (Å²) < 4.78 is 28.6. The first-order valence-electron chi connectivity index (χ1n) is 7.42. The summed E-state index contributed by atoms with van der Waals surface area (Å²) in [6, 6.07) is 6.50. The van der Waals surface area contributed by atoms with Crippen molar-refractivity contribution in [3.63, 3.8) is 0 Å². The zero-order chi connectivity index (χ0) is 15.9. The third-order valence-corrected chi connectivity index (χ3v) is 3.52. The minimum absolute atomic E-state index is 0.0808. The predicted molar refractivity (Wildman–Crippen MR) is 80.5 cm³/mol. The van der Waals surface area contributed by atoms with Crippen LogP contribution in [0.15, 0.2) is 24.3 Å². The summed E-state index contributed by atoms with van der Waals surface area (Å²) in [6.07, 6.45) is 1.90. The fourth-order valence-electron chi connectivity index (χ4n) is 2.56. The number of nitrogens with zero attached hydrogens (tertiary/aromatic N) is 1.